The van der Waals surface area contributed by atoms with Gasteiger partial charge in [0.15, 0.2) is 0 Å². The van der Waals surface area contributed by atoms with Crippen molar-refractivity contribution < 1.29 is 31.8 Å². The molecule has 0 fully saturated rings. The van der Waals surface area contributed by atoms with Crippen molar-refractivity contribution in [2.24, 2.45) is 0 Å². The molecule has 2 rings (SSSR count). The SMILES string of the molecule is COC(=O)c1cc(S(=O)c2ccc(C(F)(F)F)cc2Cl)ccc1[N+](=O)[O-]. The minimum Gasteiger partial charge on any atom is -0.465 e. The van der Waals surface area contributed by atoms with Gasteiger partial charge in [-0.2, -0.15) is 13.2 Å². The third-order valence-corrected chi connectivity index (χ3v) is 5.11. The molecule has 2 aromatic rings. The number of carbonyl (C=O) groups excluding carboxylic acids is 1. The topological polar surface area (TPSA) is 86.5 Å². The number of nitro groups is 1. The number of ether oxygens (including phenoxy) is 1. The fraction of sp³-hybridized carbons (Fsp3) is 0.133. The van der Waals surface area contributed by atoms with Crippen LogP contribution in [-0.4, -0.2) is 22.2 Å². The van der Waals surface area contributed by atoms with Crippen LogP contribution < -0.4 is 0 Å². The number of nitro benzene ring substituents is 1. The van der Waals surface area contributed by atoms with Gasteiger partial charge in [0.05, 0.1) is 38.3 Å². The van der Waals surface area contributed by atoms with Crippen molar-refractivity contribution in [2.45, 2.75) is 16.0 Å². The predicted octanol–water partition coefficient (Wildman–Crippen LogP) is 4.22. The molecular formula is C15H9ClF3NO5S. The van der Waals surface area contributed by atoms with Gasteiger partial charge in [-0.1, -0.05) is 11.6 Å². The molecule has 0 aliphatic rings. The molecule has 2 aromatic carbocycles. The first-order valence-electron chi connectivity index (χ1n) is 6.71. The highest BCUT2D eigenvalue weighted by Gasteiger charge is 2.31. The summed E-state index contributed by atoms with van der Waals surface area (Å²) < 4.78 is 55.1. The number of carbonyl (C=O) groups is 1. The highest BCUT2D eigenvalue weighted by atomic mass is 35.5. The molecule has 6 nitrogen and oxygen atoms in total. The van der Waals surface area contributed by atoms with Crippen molar-refractivity contribution >= 4 is 34.1 Å². The number of rotatable bonds is 4. The van der Waals surface area contributed by atoms with Crippen LogP contribution in [0.15, 0.2) is 46.2 Å². The van der Waals surface area contributed by atoms with Gasteiger partial charge in [0.2, 0.25) is 0 Å². The molecule has 1 atom stereocenters. The van der Waals surface area contributed by atoms with Gasteiger partial charge in [-0.3, -0.25) is 10.1 Å². The zero-order valence-electron chi connectivity index (χ0n) is 12.9. The Bertz CT molecular complexity index is 917. The smallest absolute Gasteiger partial charge is 0.416 e. The summed E-state index contributed by atoms with van der Waals surface area (Å²) in [6.07, 6.45) is -4.62. The Hall–Kier alpha value is -2.46. The predicted molar refractivity (Wildman–Crippen MR) is 85.6 cm³/mol. The number of hydrogen-bond donors (Lipinski definition) is 0. The van der Waals surface area contributed by atoms with Gasteiger partial charge in [0.1, 0.15) is 5.56 Å². The molecule has 26 heavy (non-hydrogen) atoms. The number of halogens is 4. The van der Waals surface area contributed by atoms with Crippen LogP contribution in [0.1, 0.15) is 15.9 Å². The van der Waals surface area contributed by atoms with Crippen LogP contribution in [0, 0.1) is 10.1 Å². The number of alkyl halides is 3. The lowest BCUT2D eigenvalue weighted by molar-refractivity contribution is -0.385. The minimum absolute atomic E-state index is 0.0577. The highest BCUT2D eigenvalue weighted by molar-refractivity contribution is 7.85. The van der Waals surface area contributed by atoms with Crippen molar-refractivity contribution in [3.05, 3.63) is 62.7 Å². The van der Waals surface area contributed by atoms with E-state index in [0.717, 1.165) is 31.4 Å². The van der Waals surface area contributed by atoms with Crippen LogP contribution in [0.25, 0.3) is 0 Å². The first-order chi connectivity index (χ1) is 12.1. The Morgan fingerprint density at radius 2 is 1.88 bits per heavy atom. The van der Waals surface area contributed by atoms with Crippen LogP contribution in [0.3, 0.4) is 0 Å². The first kappa shape index (κ1) is 19.9. The average molecular weight is 408 g/mol. The summed E-state index contributed by atoms with van der Waals surface area (Å²) in [7, 11) is -1.06. The van der Waals surface area contributed by atoms with E-state index in [4.69, 9.17) is 11.6 Å². The van der Waals surface area contributed by atoms with Crippen molar-refractivity contribution in [2.75, 3.05) is 7.11 Å². The molecule has 0 spiro atoms. The number of hydrogen-bond acceptors (Lipinski definition) is 5. The van der Waals surface area contributed by atoms with E-state index in [1.165, 1.54) is 0 Å². The van der Waals surface area contributed by atoms with Crippen molar-refractivity contribution in [1.82, 2.24) is 0 Å². The van der Waals surface area contributed by atoms with E-state index in [9.17, 15) is 32.3 Å². The summed E-state index contributed by atoms with van der Waals surface area (Å²) in [6, 6.07) is 5.34. The van der Waals surface area contributed by atoms with Gasteiger partial charge in [0.25, 0.3) is 5.69 Å². The van der Waals surface area contributed by atoms with Gasteiger partial charge in [-0.15, -0.1) is 0 Å². The zero-order chi connectivity index (χ0) is 19.6. The molecule has 0 heterocycles. The monoisotopic (exact) mass is 407 g/mol. The summed E-state index contributed by atoms with van der Waals surface area (Å²) in [5.74, 6) is -1.02. The van der Waals surface area contributed by atoms with Crippen molar-refractivity contribution in [1.29, 1.82) is 0 Å². The second-order valence-electron chi connectivity index (χ2n) is 4.84. The van der Waals surface area contributed by atoms with Crippen LogP contribution >= 0.6 is 11.6 Å². The number of esters is 1. The minimum atomic E-state index is -4.62. The molecule has 0 saturated heterocycles. The van der Waals surface area contributed by atoms with Gasteiger partial charge < -0.3 is 4.74 Å². The largest absolute Gasteiger partial charge is 0.465 e. The van der Waals surface area contributed by atoms with E-state index in [0.29, 0.717) is 12.1 Å². The molecule has 138 valence electrons. The van der Waals surface area contributed by atoms with Crippen LogP contribution in [0.4, 0.5) is 18.9 Å². The maximum Gasteiger partial charge on any atom is 0.416 e. The summed E-state index contributed by atoms with van der Waals surface area (Å²) in [5, 5.41) is 10.6. The lowest BCUT2D eigenvalue weighted by Crippen LogP contribution is -2.08. The molecule has 0 aliphatic carbocycles. The van der Waals surface area contributed by atoms with Crippen LogP contribution in [0.5, 0.6) is 0 Å². The molecule has 0 aliphatic heterocycles. The molecule has 0 bridgehead atoms. The zero-order valence-corrected chi connectivity index (χ0v) is 14.4. The van der Waals surface area contributed by atoms with Crippen molar-refractivity contribution in [3.63, 3.8) is 0 Å². The number of methoxy groups -OCH3 is 1. The summed E-state index contributed by atoms with van der Waals surface area (Å²) in [6.45, 7) is 0. The maximum absolute atomic E-state index is 12.7. The van der Waals surface area contributed by atoms with Gasteiger partial charge in [-0.25, -0.2) is 9.00 Å². The lowest BCUT2D eigenvalue weighted by Gasteiger charge is -2.10. The number of nitrogens with zero attached hydrogens (tertiary/aromatic N) is 1. The third-order valence-electron chi connectivity index (χ3n) is 3.24. The second kappa shape index (κ2) is 7.42. The van der Waals surface area contributed by atoms with Gasteiger partial charge in [-0.05, 0) is 30.3 Å². The molecule has 0 N–H and O–H groups in total. The van der Waals surface area contributed by atoms with E-state index < -0.39 is 49.7 Å². The Morgan fingerprint density at radius 3 is 2.38 bits per heavy atom. The fourth-order valence-electron chi connectivity index (χ4n) is 2.02. The fourth-order valence-corrected chi connectivity index (χ4v) is 3.51. The summed E-state index contributed by atoms with van der Waals surface area (Å²) in [5.41, 5.74) is -2.01. The molecule has 11 heteroatoms. The Labute approximate surface area is 152 Å². The Kier molecular flexibility index (Phi) is 5.67. The normalized spacial score (nSPS) is 12.5. The third kappa shape index (κ3) is 4.02. The van der Waals surface area contributed by atoms with Crippen LogP contribution in [0.2, 0.25) is 5.02 Å². The Morgan fingerprint density at radius 1 is 1.23 bits per heavy atom. The van der Waals surface area contributed by atoms with Crippen LogP contribution in [-0.2, 0) is 21.7 Å². The van der Waals surface area contributed by atoms with Crippen molar-refractivity contribution in [3.8, 4) is 0 Å². The molecule has 1 unspecified atom stereocenters. The molecule has 0 radical (unpaired) electrons. The second-order valence-corrected chi connectivity index (χ2v) is 6.70. The Balaban J connectivity index is 2.50. The molecule has 0 aromatic heterocycles. The van der Waals surface area contributed by atoms with Gasteiger partial charge >= 0.3 is 12.1 Å². The maximum atomic E-state index is 12.7. The molecule has 0 saturated carbocycles. The summed E-state index contributed by atoms with van der Waals surface area (Å²) >= 11 is 5.80. The van der Waals surface area contributed by atoms with E-state index in [1.54, 1.807) is 0 Å². The van der Waals surface area contributed by atoms with E-state index in [2.05, 4.69) is 4.74 Å². The molecular weight excluding hydrogens is 399 g/mol. The highest BCUT2D eigenvalue weighted by Crippen LogP contribution is 2.34. The van der Waals surface area contributed by atoms with Gasteiger partial charge in [0, 0.05) is 11.0 Å². The van der Waals surface area contributed by atoms with E-state index >= 15 is 0 Å². The van der Waals surface area contributed by atoms with E-state index in [1.807, 2.05) is 0 Å². The average Bonchev–Trinajstić information content (AvgIpc) is 2.58. The number of benzene rings is 2. The lowest BCUT2D eigenvalue weighted by atomic mass is 10.2. The first-order valence-corrected chi connectivity index (χ1v) is 8.24. The standard InChI is InChI=1S/C15H9ClF3NO5S/c1-25-14(21)10-7-9(3-4-12(10)20(22)23)26(24)13-5-2-8(6-11(13)16)15(17,18)19/h2-7H,1H3. The molecule has 0 amide bonds. The quantitative estimate of drug-likeness (QED) is 0.430. The summed E-state index contributed by atoms with van der Waals surface area (Å²) in [4.78, 5) is 21.7. The van der Waals surface area contributed by atoms with E-state index in [-0.39, 0.29) is 9.79 Å².